The van der Waals surface area contributed by atoms with E-state index in [0.717, 1.165) is 0 Å². The Morgan fingerprint density at radius 2 is 1.88 bits per heavy atom. The summed E-state index contributed by atoms with van der Waals surface area (Å²) in [6.45, 7) is 3.14. The van der Waals surface area contributed by atoms with E-state index in [9.17, 15) is 18.0 Å². The van der Waals surface area contributed by atoms with Crippen molar-refractivity contribution < 1.29 is 22.7 Å². The van der Waals surface area contributed by atoms with Crippen molar-refractivity contribution >= 4 is 28.6 Å². The molecule has 0 fully saturated rings. The van der Waals surface area contributed by atoms with E-state index in [4.69, 9.17) is 4.74 Å². The minimum Gasteiger partial charge on any atom is -0.459 e. The summed E-state index contributed by atoms with van der Waals surface area (Å²) in [5.41, 5.74) is -0.600. The third-order valence-electron chi connectivity index (χ3n) is 1.67. The zero-order chi connectivity index (χ0) is 12.5. The summed E-state index contributed by atoms with van der Waals surface area (Å²) in [5.74, 6) is -4.70. The number of benzene rings is 1. The van der Waals surface area contributed by atoms with Crippen molar-refractivity contribution in [2.45, 2.75) is 20.0 Å². The SMILES string of the molecule is CC(C)OC(=O)c1cc(F)c(F)c(I)c1F. The summed E-state index contributed by atoms with van der Waals surface area (Å²) in [6.07, 6.45) is -0.460. The monoisotopic (exact) mass is 344 g/mol. The molecule has 0 saturated carbocycles. The molecule has 6 heteroatoms. The molecular weight excluding hydrogens is 336 g/mol. The van der Waals surface area contributed by atoms with Crippen LogP contribution in [0.4, 0.5) is 13.2 Å². The van der Waals surface area contributed by atoms with Gasteiger partial charge in [-0.3, -0.25) is 0 Å². The van der Waals surface area contributed by atoms with Crippen LogP contribution in [-0.2, 0) is 4.74 Å². The minimum absolute atomic E-state index is 0.460. The number of rotatable bonds is 2. The molecule has 1 aromatic rings. The average Bonchev–Trinajstić information content (AvgIpc) is 2.19. The highest BCUT2D eigenvalue weighted by Gasteiger charge is 2.22. The van der Waals surface area contributed by atoms with Gasteiger partial charge in [0.1, 0.15) is 0 Å². The van der Waals surface area contributed by atoms with Gasteiger partial charge >= 0.3 is 5.97 Å². The van der Waals surface area contributed by atoms with E-state index in [1.165, 1.54) is 22.6 Å². The van der Waals surface area contributed by atoms with Crippen molar-refractivity contribution in [1.29, 1.82) is 0 Å². The molecule has 0 amide bonds. The van der Waals surface area contributed by atoms with Crippen LogP contribution in [0.25, 0.3) is 0 Å². The van der Waals surface area contributed by atoms with Gasteiger partial charge in [0, 0.05) is 0 Å². The van der Waals surface area contributed by atoms with Crippen molar-refractivity contribution in [2.24, 2.45) is 0 Å². The largest absolute Gasteiger partial charge is 0.459 e. The van der Waals surface area contributed by atoms with Gasteiger partial charge in [0.2, 0.25) is 0 Å². The van der Waals surface area contributed by atoms with Gasteiger partial charge in [-0.2, -0.15) is 0 Å². The highest BCUT2D eigenvalue weighted by molar-refractivity contribution is 14.1. The summed E-state index contributed by atoms with van der Waals surface area (Å²) in [6, 6.07) is 0.498. The molecule has 1 aromatic carbocycles. The summed E-state index contributed by atoms with van der Waals surface area (Å²) >= 11 is 1.29. The van der Waals surface area contributed by atoms with E-state index < -0.39 is 38.7 Å². The molecule has 2 nitrogen and oxygen atoms in total. The van der Waals surface area contributed by atoms with Crippen LogP contribution in [0.2, 0.25) is 0 Å². The maximum absolute atomic E-state index is 13.4. The van der Waals surface area contributed by atoms with Gasteiger partial charge < -0.3 is 4.74 Å². The topological polar surface area (TPSA) is 26.3 Å². The van der Waals surface area contributed by atoms with Crippen LogP contribution in [0.5, 0.6) is 0 Å². The molecule has 0 N–H and O–H groups in total. The number of hydrogen-bond donors (Lipinski definition) is 0. The predicted octanol–water partition coefficient (Wildman–Crippen LogP) is 3.27. The lowest BCUT2D eigenvalue weighted by Gasteiger charge is -2.09. The quantitative estimate of drug-likeness (QED) is 0.356. The number of halogens is 4. The van der Waals surface area contributed by atoms with E-state index >= 15 is 0 Å². The first-order valence-electron chi connectivity index (χ1n) is 4.38. The molecule has 0 aliphatic heterocycles. The summed E-state index contributed by atoms with van der Waals surface area (Å²) in [5, 5.41) is 0. The first kappa shape index (κ1) is 13.3. The van der Waals surface area contributed by atoms with Crippen LogP contribution in [0.15, 0.2) is 6.07 Å². The first-order chi connectivity index (χ1) is 7.34. The highest BCUT2D eigenvalue weighted by atomic mass is 127. The smallest absolute Gasteiger partial charge is 0.341 e. The van der Waals surface area contributed by atoms with Crippen molar-refractivity contribution in [1.82, 2.24) is 0 Å². The molecule has 0 unspecified atom stereocenters. The van der Waals surface area contributed by atoms with Gasteiger partial charge in [-0.15, -0.1) is 0 Å². The molecule has 88 valence electrons. The number of carbonyl (C=O) groups is 1. The van der Waals surface area contributed by atoms with Crippen LogP contribution >= 0.6 is 22.6 Å². The number of carbonyl (C=O) groups excluding carboxylic acids is 1. The first-order valence-corrected chi connectivity index (χ1v) is 5.46. The molecule has 0 atom stereocenters. The zero-order valence-electron chi connectivity index (χ0n) is 8.48. The maximum atomic E-state index is 13.4. The Morgan fingerprint density at radius 1 is 1.31 bits per heavy atom. The van der Waals surface area contributed by atoms with Crippen LogP contribution in [-0.4, -0.2) is 12.1 Å². The Hall–Kier alpha value is -0.790. The summed E-state index contributed by atoms with van der Waals surface area (Å²) < 4.78 is 43.4. The second-order valence-electron chi connectivity index (χ2n) is 3.30. The summed E-state index contributed by atoms with van der Waals surface area (Å²) in [7, 11) is 0. The fourth-order valence-corrected chi connectivity index (χ4v) is 1.55. The van der Waals surface area contributed by atoms with Gasteiger partial charge in [0.15, 0.2) is 17.5 Å². The molecule has 0 aliphatic carbocycles. The van der Waals surface area contributed by atoms with Crippen LogP contribution < -0.4 is 0 Å². The zero-order valence-corrected chi connectivity index (χ0v) is 10.6. The van der Waals surface area contributed by atoms with E-state index in [0.29, 0.717) is 6.07 Å². The Kier molecular flexibility index (Phi) is 4.17. The average molecular weight is 344 g/mol. The minimum atomic E-state index is -1.31. The molecule has 0 spiro atoms. The lowest BCUT2D eigenvalue weighted by Crippen LogP contribution is -2.15. The summed E-state index contributed by atoms with van der Waals surface area (Å²) in [4.78, 5) is 11.3. The second-order valence-corrected chi connectivity index (χ2v) is 4.38. The van der Waals surface area contributed by atoms with Crippen LogP contribution in [0, 0.1) is 21.0 Å². The molecule has 0 radical (unpaired) electrons. The van der Waals surface area contributed by atoms with Gasteiger partial charge in [0.25, 0.3) is 0 Å². The molecule has 0 bridgehead atoms. The second kappa shape index (κ2) is 5.03. The molecule has 0 saturated heterocycles. The lowest BCUT2D eigenvalue weighted by atomic mass is 10.2. The van der Waals surface area contributed by atoms with Crippen molar-refractivity contribution in [2.75, 3.05) is 0 Å². The normalized spacial score (nSPS) is 10.7. The Morgan fingerprint density at radius 3 is 2.38 bits per heavy atom. The Labute approximate surface area is 104 Å². The highest BCUT2D eigenvalue weighted by Crippen LogP contribution is 2.22. The fraction of sp³-hybridized carbons (Fsp3) is 0.300. The maximum Gasteiger partial charge on any atom is 0.341 e. The fourth-order valence-electron chi connectivity index (χ4n) is 0.999. The third kappa shape index (κ3) is 2.66. The number of hydrogen-bond acceptors (Lipinski definition) is 2. The number of esters is 1. The van der Waals surface area contributed by atoms with E-state index in [2.05, 4.69) is 0 Å². The van der Waals surface area contributed by atoms with Gasteiger partial charge in [-0.1, -0.05) is 0 Å². The van der Waals surface area contributed by atoms with E-state index in [1.807, 2.05) is 0 Å². The molecular formula is C10H8F3IO2. The van der Waals surface area contributed by atoms with Crippen molar-refractivity contribution in [3.05, 3.63) is 32.7 Å². The van der Waals surface area contributed by atoms with Crippen LogP contribution in [0.3, 0.4) is 0 Å². The molecule has 0 heterocycles. The lowest BCUT2D eigenvalue weighted by molar-refractivity contribution is 0.0371. The van der Waals surface area contributed by atoms with Gasteiger partial charge in [0.05, 0.1) is 15.2 Å². The Balaban J connectivity index is 3.20. The van der Waals surface area contributed by atoms with Crippen LogP contribution in [0.1, 0.15) is 24.2 Å². The number of ether oxygens (including phenoxy) is 1. The van der Waals surface area contributed by atoms with Crippen molar-refractivity contribution in [3.63, 3.8) is 0 Å². The van der Waals surface area contributed by atoms with Crippen molar-refractivity contribution in [3.8, 4) is 0 Å². The Bertz CT molecular complexity index is 433. The molecule has 0 aromatic heterocycles. The molecule has 1 rings (SSSR count). The van der Waals surface area contributed by atoms with Gasteiger partial charge in [-0.05, 0) is 42.5 Å². The standard InChI is InChI=1S/C10H8F3IO2/c1-4(2)16-10(15)5-3-6(11)8(13)9(14)7(5)12/h3-4H,1-2H3. The molecule has 16 heavy (non-hydrogen) atoms. The third-order valence-corrected chi connectivity index (χ3v) is 2.61. The predicted molar refractivity (Wildman–Crippen MR) is 59.6 cm³/mol. The van der Waals surface area contributed by atoms with E-state index in [1.54, 1.807) is 13.8 Å². The van der Waals surface area contributed by atoms with E-state index in [-0.39, 0.29) is 0 Å². The molecule has 0 aliphatic rings. The van der Waals surface area contributed by atoms with Gasteiger partial charge in [-0.25, -0.2) is 18.0 Å².